The molecular weight excluding hydrogens is 224 g/mol. The molecule has 0 aromatic rings. The predicted octanol–water partition coefficient (Wildman–Crippen LogP) is 2.41. The van der Waals surface area contributed by atoms with Crippen molar-refractivity contribution in [3.8, 4) is 0 Å². The van der Waals surface area contributed by atoms with E-state index in [0.29, 0.717) is 11.9 Å². The summed E-state index contributed by atoms with van der Waals surface area (Å²) in [5.41, 5.74) is 0.219. The average Bonchev–Trinajstić information content (AvgIpc) is 2.74. The normalized spacial score (nSPS) is 31.3. The summed E-state index contributed by atoms with van der Waals surface area (Å²) in [6.07, 6.45) is 3.37. The highest BCUT2D eigenvalue weighted by Crippen LogP contribution is 2.48. The van der Waals surface area contributed by atoms with Crippen LogP contribution in [0.3, 0.4) is 0 Å². The van der Waals surface area contributed by atoms with Gasteiger partial charge in [0.05, 0.1) is 0 Å². The molecule has 0 bridgehead atoms. The molecule has 0 aromatic carbocycles. The molecule has 1 amide bonds. The number of hydrogen-bond donors (Lipinski definition) is 1. The lowest BCUT2D eigenvalue weighted by molar-refractivity contribution is -0.148. The fourth-order valence-electron chi connectivity index (χ4n) is 3.27. The molecule has 1 N–H and O–H groups in total. The van der Waals surface area contributed by atoms with Crippen LogP contribution in [0.15, 0.2) is 0 Å². The first-order valence-corrected chi connectivity index (χ1v) is 7.28. The van der Waals surface area contributed by atoms with Gasteiger partial charge in [-0.2, -0.15) is 0 Å². The van der Waals surface area contributed by atoms with Crippen LogP contribution < -0.4 is 5.32 Å². The lowest BCUT2D eigenvalue weighted by atomic mass is 9.57. The van der Waals surface area contributed by atoms with Crippen LogP contribution in [-0.4, -0.2) is 35.5 Å². The molecule has 1 saturated carbocycles. The molecule has 2 aliphatic rings. The Morgan fingerprint density at radius 2 is 1.78 bits per heavy atom. The van der Waals surface area contributed by atoms with Crippen LogP contribution in [0.4, 0.5) is 0 Å². The van der Waals surface area contributed by atoms with Crippen molar-refractivity contribution in [2.24, 2.45) is 11.3 Å². The maximum absolute atomic E-state index is 12.5. The predicted molar refractivity (Wildman–Crippen MR) is 74.4 cm³/mol. The summed E-state index contributed by atoms with van der Waals surface area (Å²) in [6.45, 7) is 13.0. The van der Waals surface area contributed by atoms with Crippen LogP contribution in [0.2, 0.25) is 0 Å². The number of rotatable bonds is 2. The highest BCUT2D eigenvalue weighted by atomic mass is 16.2. The number of amides is 1. The monoisotopic (exact) mass is 252 g/mol. The number of hydrogen-bond acceptors (Lipinski definition) is 2. The van der Waals surface area contributed by atoms with Gasteiger partial charge in [-0.25, -0.2) is 0 Å². The van der Waals surface area contributed by atoms with Crippen molar-refractivity contribution in [2.75, 3.05) is 13.1 Å². The van der Waals surface area contributed by atoms with E-state index in [4.69, 9.17) is 0 Å². The molecule has 2 fully saturated rings. The van der Waals surface area contributed by atoms with Crippen molar-refractivity contribution in [3.05, 3.63) is 0 Å². The van der Waals surface area contributed by atoms with Crippen LogP contribution >= 0.6 is 0 Å². The molecule has 1 unspecified atom stereocenters. The number of nitrogens with zero attached hydrogens (tertiary/aromatic N) is 1. The van der Waals surface area contributed by atoms with Gasteiger partial charge >= 0.3 is 0 Å². The lowest BCUT2D eigenvalue weighted by Crippen LogP contribution is -2.64. The average molecular weight is 252 g/mol. The summed E-state index contributed by atoms with van der Waals surface area (Å²) in [6, 6.07) is 0.467. The second-order valence-electron chi connectivity index (χ2n) is 7.59. The van der Waals surface area contributed by atoms with Crippen LogP contribution in [0.5, 0.6) is 0 Å². The van der Waals surface area contributed by atoms with Crippen LogP contribution in [0, 0.1) is 11.3 Å². The quantitative estimate of drug-likeness (QED) is 0.818. The van der Waals surface area contributed by atoms with Crippen LogP contribution in [0.25, 0.3) is 0 Å². The Labute approximate surface area is 111 Å². The second-order valence-corrected chi connectivity index (χ2v) is 7.59. The number of nitrogens with one attached hydrogen (secondary N) is 1. The van der Waals surface area contributed by atoms with E-state index in [0.717, 1.165) is 19.5 Å². The van der Waals surface area contributed by atoms with Crippen molar-refractivity contribution >= 4 is 5.91 Å². The van der Waals surface area contributed by atoms with Gasteiger partial charge in [-0.15, -0.1) is 0 Å². The summed E-state index contributed by atoms with van der Waals surface area (Å²) in [5.74, 6) is 0.611. The molecule has 1 saturated heterocycles. The number of carbonyl (C=O) groups is 1. The Morgan fingerprint density at radius 3 is 2.22 bits per heavy atom. The Balaban J connectivity index is 1.95. The highest BCUT2D eigenvalue weighted by molar-refractivity contribution is 5.81. The molecule has 0 aromatic heterocycles. The van der Waals surface area contributed by atoms with Gasteiger partial charge in [-0.1, -0.05) is 13.8 Å². The summed E-state index contributed by atoms with van der Waals surface area (Å²) in [4.78, 5) is 14.5. The first-order valence-electron chi connectivity index (χ1n) is 7.28. The minimum absolute atomic E-state index is 0.0902. The molecule has 0 spiro atoms. The maximum atomic E-state index is 12.5. The third kappa shape index (κ3) is 2.56. The first kappa shape index (κ1) is 13.9. The van der Waals surface area contributed by atoms with Crippen molar-refractivity contribution in [1.29, 1.82) is 0 Å². The van der Waals surface area contributed by atoms with Gasteiger partial charge in [0, 0.05) is 30.6 Å². The number of carbonyl (C=O) groups excluding carboxylic acids is 1. The van der Waals surface area contributed by atoms with Crippen molar-refractivity contribution in [3.63, 3.8) is 0 Å². The Kier molecular flexibility index (Phi) is 3.48. The zero-order valence-electron chi connectivity index (χ0n) is 12.5. The molecule has 1 heterocycles. The van der Waals surface area contributed by atoms with Gasteiger partial charge in [0.15, 0.2) is 0 Å². The Bertz CT molecular complexity index is 324. The van der Waals surface area contributed by atoms with Gasteiger partial charge in [-0.05, 0) is 45.4 Å². The fourth-order valence-corrected chi connectivity index (χ4v) is 3.27. The van der Waals surface area contributed by atoms with Crippen molar-refractivity contribution in [2.45, 2.75) is 65.5 Å². The third-order valence-electron chi connectivity index (χ3n) is 4.59. The van der Waals surface area contributed by atoms with Gasteiger partial charge in [0.25, 0.3) is 0 Å². The SMILES string of the molecule is CC(C)(C)NC1C[C@H](C(=O)N2CCCC2)C1(C)C. The van der Waals surface area contributed by atoms with Gasteiger partial charge in [-0.3, -0.25) is 4.79 Å². The van der Waals surface area contributed by atoms with E-state index < -0.39 is 0 Å². The molecule has 18 heavy (non-hydrogen) atoms. The van der Waals surface area contributed by atoms with E-state index in [-0.39, 0.29) is 16.9 Å². The van der Waals surface area contributed by atoms with Gasteiger partial charge in [0.2, 0.25) is 5.91 Å². The molecule has 2 atom stereocenters. The summed E-state index contributed by atoms with van der Waals surface area (Å²) < 4.78 is 0. The molecule has 1 aliphatic carbocycles. The minimum atomic E-state index is 0.0902. The van der Waals surface area contributed by atoms with E-state index >= 15 is 0 Å². The standard InChI is InChI=1S/C15H28N2O/c1-14(2,3)16-12-10-11(15(12,4)5)13(18)17-8-6-7-9-17/h11-12,16H,6-10H2,1-5H3/t11-,12?/m1/s1. The van der Waals surface area contributed by atoms with Crippen molar-refractivity contribution in [1.82, 2.24) is 10.2 Å². The summed E-state index contributed by atoms with van der Waals surface area (Å²) in [7, 11) is 0. The van der Waals surface area contributed by atoms with Crippen LogP contribution in [0.1, 0.15) is 53.9 Å². The molecular formula is C15H28N2O. The lowest BCUT2D eigenvalue weighted by Gasteiger charge is -2.54. The Morgan fingerprint density at radius 1 is 1.22 bits per heavy atom. The third-order valence-corrected chi connectivity index (χ3v) is 4.59. The summed E-state index contributed by atoms with van der Waals surface area (Å²) >= 11 is 0. The minimum Gasteiger partial charge on any atom is -0.342 e. The largest absolute Gasteiger partial charge is 0.342 e. The molecule has 104 valence electrons. The second kappa shape index (κ2) is 4.52. The summed E-state index contributed by atoms with van der Waals surface area (Å²) in [5, 5.41) is 3.65. The molecule has 3 heteroatoms. The van der Waals surface area contributed by atoms with Crippen LogP contribution in [-0.2, 0) is 4.79 Å². The molecule has 3 nitrogen and oxygen atoms in total. The number of likely N-dealkylation sites (tertiary alicyclic amines) is 1. The Hall–Kier alpha value is -0.570. The first-order chi connectivity index (χ1) is 8.22. The van der Waals surface area contributed by atoms with E-state index in [9.17, 15) is 4.79 Å². The fraction of sp³-hybridized carbons (Fsp3) is 0.933. The zero-order valence-corrected chi connectivity index (χ0v) is 12.5. The molecule has 2 rings (SSSR count). The van der Waals surface area contributed by atoms with Crippen molar-refractivity contribution < 1.29 is 4.79 Å². The maximum Gasteiger partial charge on any atom is 0.226 e. The molecule has 0 radical (unpaired) electrons. The topological polar surface area (TPSA) is 32.3 Å². The zero-order chi connectivity index (χ0) is 13.6. The van der Waals surface area contributed by atoms with E-state index in [2.05, 4.69) is 44.8 Å². The van der Waals surface area contributed by atoms with E-state index in [1.54, 1.807) is 0 Å². The highest BCUT2D eigenvalue weighted by Gasteiger charge is 2.53. The van der Waals surface area contributed by atoms with E-state index in [1.165, 1.54) is 12.8 Å². The van der Waals surface area contributed by atoms with Gasteiger partial charge in [0.1, 0.15) is 0 Å². The van der Waals surface area contributed by atoms with Gasteiger partial charge < -0.3 is 10.2 Å². The molecule has 1 aliphatic heterocycles. The van der Waals surface area contributed by atoms with E-state index in [1.807, 2.05) is 0 Å². The smallest absolute Gasteiger partial charge is 0.226 e.